The molecule has 1 heterocycles. The molecule has 29 heavy (non-hydrogen) atoms. The molecule has 3 rings (SSSR count). The van der Waals surface area contributed by atoms with Gasteiger partial charge in [0.05, 0.1) is 0 Å². The van der Waals surface area contributed by atoms with Crippen molar-refractivity contribution in [3.8, 4) is 0 Å². The lowest BCUT2D eigenvalue weighted by Crippen LogP contribution is -2.42. The van der Waals surface area contributed by atoms with E-state index in [-0.39, 0.29) is 29.9 Å². The zero-order valence-corrected chi connectivity index (χ0v) is 20.0. The number of aliphatic hydroxyl groups is 1. The number of aliphatic hydroxyl groups excluding tert-OH is 1. The van der Waals surface area contributed by atoms with Gasteiger partial charge in [-0.05, 0) is 36.3 Å². The largest absolute Gasteiger partial charge is 0.386 e. The van der Waals surface area contributed by atoms with Gasteiger partial charge in [0.25, 0.3) is 0 Å². The Kier molecular flexibility index (Phi) is 10.2. The van der Waals surface area contributed by atoms with E-state index in [1.54, 1.807) is 18.4 Å². The van der Waals surface area contributed by atoms with E-state index in [2.05, 4.69) is 33.1 Å². The van der Waals surface area contributed by atoms with Crippen molar-refractivity contribution in [3.05, 3.63) is 35.2 Å². The number of benzene rings is 1. The fourth-order valence-corrected chi connectivity index (χ4v) is 4.66. The Labute approximate surface area is 193 Å². The molecule has 6 nitrogen and oxygen atoms in total. The second-order valence-corrected chi connectivity index (χ2v) is 8.40. The molecule has 1 amide bonds. The summed E-state index contributed by atoms with van der Waals surface area (Å²) in [6, 6.07) is 10.2. The van der Waals surface area contributed by atoms with Gasteiger partial charge in [0.1, 0.15) is 6.10 Å². The topological polar surface area (TPSA) is 85.8 Å². The summed E-state index contributed by atoms with van der Waals surface area (Å²) in [7, 11) is 1.69. The van der Waals surface area contributed by atoms with E-state index in [1.807, 2.05) is 18.2 Å². The highest BCUT2D eigenvalue weighted by Crippen LogP contribution is 2.29. The van der Waals surface area contributed by atoms with E-state index in [9.17, 15) is 9.90 Å². The maximum atomic E-state index is 11.9. The molecule has 1 aromatic heterocycles. The van der Waals surface area contributed by atoms with Gasteiger partial charge in [0, 0.05) is 42.7 Å². The number of aliphatic imine (C=N–C) groups is 1. The number of thiophene rings is 1. The number of fused-ring (bicyclic) bond motifs is 1. The summed E-state index contributed by atoms with van der Waals surface area (Å²) in [5.74, 6) is 1.32. The van der Waals surface area contributed by atoms with Crippen LogP contribution in [0.15, 0.2) is 35.3 Å². The molecule has 2 aromatic rings. The van der Waals surface area contributed by atoms with Crippen molar-refractivity contribution in [1.29, 1.82) is 0 Å². The van der Waals surface area contributed by atoms with Gasteiger partial charge >= 0.3 is 0 Å². The van der Waals surface area contributed by atoms with Gasteiger partial charge in [0.15, 0.2) is 5.96 Å². The van der Waals surface area contributed by atoms with E-state index in [1.165, 1.54) is 30.4 Å². The quantitative estimate of drug-likeness (QED) is 0.183. The fourth-order valence-electron chi connectivity index (χ4n) is 3.61. The first-order valence-electron chi connectivity index (χ1n) is 10.0. The maximum absolute atomic E-state index is 11.9. The van der Waals surface area contributed by atoms with E-state index in [0.717, 1.165) is 10.3 Å². The number of carbonyl (C=O) groups excluding carboxylic acids is 1. The molecule has 1 fully saturated rings. The summed E-state index contributed by atoms with van der Waals surface area (Å²) in [5, 5.41) is 20.9. The third-order valence-corrected chi connectivity index (χ3v) is 6.37. The second kappa shape index (κ2) is 12.3. The Hall–Kier alpha value is -1.39. The molecule has 1 saturated carbocycles. The van der Waals surface area contributed by atoms with Crippen molar-refractivity contribution in [2.75, 3.05) is 26.7 Å². The van der Waals surface area contributed by atoms with Gasteiger partial charge in [-0.15, -0.1) is 35.3 Å². The molecule has 160 valence electrons. The minimum absolute atomic E-state index is 0. The van der Waals surface area contributed by atoms with E-state index < -0.39 is 6.10 Å². The molecule has 8 heteroatoms. The average Bonchev–Trinajstić information content (AvgIpc) is 3.36. The molecule has 0 aliphatic heterocycles. The first-order chi connectivity index (χ1) is 13.7. The molecule has 1 aliphatic rings. The lowest BCUT2D eigenvalue weighted by molar-refractivity contribution is -0.121. The fraction of sp³-hybridized carbons (Fsp3) is 0.524. The van der Waals surface area contributed by atoms with Crippen LogP contribution in [0.5, 0.6) is 0 Å². The van der Waals surface area contributed by atoms with Crippen molar-refractivity contribution >= 4 is 57.3 Å². The molecule has 4 N–H and O–H groups in total. The minimum atomic E-state index is -0.595. The molecule has 0 saturated heterocycles. The van der Waals surface area contributed by atoms with Gasteiger partial charge in [-0.25, -0.2) is 0 Å². The second-order valence-electron chi connectivity index (χ2n) is 7.29. The zero-order valence-electron chi connectivity index (χ0n) is 16.8. The predicted octanol–water partition coefficient (Wildman–Crippen LogP) is 3.41. The van der Waals surface area contributed by atoms with Crippen LogP contribution in [-0.4, -0.2) is 43.7 Å². The normalized spacial score (nSPS) is 15.7. The molecule has 0 radical (unpaired) electrons. The molecule has 1 aromatic carbocycles. The number of nitrogens with one attached hydrogen (secondary N) is 3. The predicted molar refractivity (Wildman–Crippen MR) is 131 cm³/mol. The molecule has 1 unspecified atom stereocenters. The SMILES string of the molecule is CN=C(NCCNC(=O)CC1CCCC1)NCC(O)c1cc2ccccc2s1.I. The van der Waals surface area contributed by atoms with Gasteiger partial charge in [0.2, 0.25) is 5.91 Å². The summed E-state index contributed by atoms with van der Waals surface area (Å²) in [6.07, 6.45) is 4.94. The summed E-state index contributed by atoms with van der Waals surface area (Å²) in [6.45, 7) is 1.53. The molecular weight excluding hydrogens is 499 g/mol. The summed E-state index contributed by atoms with van der Waals surface area (Å²) >= 11 is 1.60. The summed E-state index contributed by atoms with van der Waals surface area (Å²) in [5.41, 5.74) is 0. The van der Waals surface area contributed by atoms with Crippen LogP contribution < -0.4 is 16.0 Å². The molecule has 0 spiro atoms. The Morgan fingerprint density at radius 2 is 1.93 bits per heavy atom. The molecular formula is C21H31IN4O2S. The van der Waals surface area contributed by atoms with E-state index in [4.69, 9.17) is 0 Å². The van der Waals surface area contributed by atoms with Crippen LogP contribution in [0.3, 0.4) is 0 Å². The maximum Gasteiger partial charge on any atom is 0.220 e. The van der Waals surface area contributed by atoms with Crippen LogP contribution in [-0.2, 0) is 4.79 Å². The van der Waals surface area contributed by atoms with Crippen LogP contribution in [0, 0.1) is 5.92 Å². The number of carbonyl (C=O) groups is 1. The van der Waals surface area contributed by atoms with Gasteiger partial charge in [-0.2, -0.15) is 0 Å². The third-order valence-electron chi connectivity index (χ3n) is 5.15. The summed E-state index contributed by atoms with van der Waals surface area (Å²) in [4.78, 5) is 17.0. The lowest BCUT2D eigenvalue weighted by atomic mass is 10.0. The van der Waals surface area contributed by atoms with Crippen LogP contribution >= 0.6 is 35.3 Å². The monoisotopic (exact) mass is 530 g/mol. The first-order valence-corrected chi connectivity index (χ1v) is 10.8. The number of hydrogen-bond acceptors (Lipinski definition) is 4. The highest BCUT2D eigenvalue weighted by atomic mass is 127. The number of halogens is 1. The Balaban J connectivity index is 0.00000300. The number of rotatable bonds is 8. The average molecular weight is 530 g/mol. The van der Waals surface area contributed by atoms with Crippen molar-refractivity contribution < 1.29 is 9.90 Å². The van der Waals surface area contributed by atoms with Crippen LogP contribution in [0.25, 0.3) is 10.1 Å². The van der Waals surface area contributed by atoms with Crippen LogP contribution in [0.2, 0.25) is 0 Å². The standard InChI is InChI=1S/C21H30N4O2S.HI/c1-22-21(24-11-10-23-20(27)12-15-6-2-3-7-15)25-14-17(26)19-13-16-8-4-5-9-18(16)28-19;/h4-5,8-9,13,15,17,26H,2-3,6-7,10-12,14H2,1H3,(H,23,27)(H2,22,24,25);1H. The zero-order chi connectivity index (χ0) is 19.8. The Morgan fingerprint density at radius 1 is 1.21 bits per heavy atom. The number of amides is 1. The number of nitrogens with zero attached hydrogens (tertiary/aromatic N) is 1. The minimum Gasteiger partial charge on any atom is -0.386 e. The van der Waals surface area contributed by atoms with Crippen molar-refractivity contribution in [2.24, 2.45) is 10.9 Å². The van der Waals surface area contributed by atoms with Gasteiger partial charge in [-0.3, -0.25) is 9.79 Å². The van der Waals surface area contributed by atoms with Gasteiger partial charge < -0.3 is 21.1 Å². The lowest BCUT2D eigenvalue weighted by Gasteiger charge is -2.15. The van der Waals surface area contributed by atoms with E-state index in [0.29, 0.717) is 37.9 Å². The van der Waals surface area contributed by atoms with E-state index >= 15 is 0 Å². The van der Waals surface area contributed by atoms with Crippen LogP contribution in [0.4, 0.5) is 0 Å². The Morgan fingerprint density at radius 3 is 2.66 bits per heavy atom. The molecule has 1 aliphatic carbocycles. The number of hydrogen-bond donors (Lipinski definition) is 4. The highest BCUT2D eigenvalue weighted by Gasteiger charge is 2.18. The smallest absolute Gasteiger partial charge is 0.220 e. The number of guanidine groups is 1. The van der Waals surface area contributed by atoms with Crippen LogP contribution in [0.1, 0.15) is 43.1 Å². The highest BCUT2D eigenvalue weighted by molar-refractivity contribution is 14.0. The first kappa shape index (κ1) is 23.9. The Bertz CT molecular complexity index is 772. The van der Waals surface area contributed by atoms with Crippen molar-refractivity contribution in [1.82, 2.24) is 16.0 Å². The third kappa shape index (κ3) is 7.42. The van der Waals surface area contributed by atoms with Gasteiger partial charge in [-0.1, -0.05) is 31.0 Å². The molecule has 0 bridgehead atoms. The molecule has 1 atom stereocenters. The summed E-state index contributed by atoms with van der Waals surface area (Å²) < 4.78 is 1.17. The van der Waals surface area contributed by atoms with Crippen molar-refractivity contribution in [3.63, 3.8) is 0 Å². The van der Waals surface area contributed by atoms with Crippen molar-refractivity contribution in [2.45, 2.75) is 38.2 Å².